The molecular weight excluding hydrogens is 234 g/mol. The molecule has 0 fully saturated rings. The van der Waals surface area contributed by atoms with Gasteiger partial charge in [-0.3, -0.25) is 9.48 Å². The summed E-state index contributed by atoms with van der Waals surface area (Å²) in [5, 5.41) is 6.22. The van der Waals surface area contributed by atoms with Gasteiger partial charge in [0.25, 0.3) is 0 Å². The summed E-state index contributed by atoms with van der Waals surface area (Å²) < 4.78 is 1.89. The van der Waals surface area contributed by atoms with Gasteiger partial charge in [0, 0.05) is 17.6 Å². The fourth-order valence-corrected chi connectivity index (χ4v) is 2.27. The molecule has 0 aliphatic rings. The number of thiazole rings is 1. The summed E-state index contributed by atoms with van der Waals surface area (Å²) in [5.41, 5.74) is 4.24. The average molecular weight is 249 g/mol. The van der Waals surface area contributed by atoms with Crippen molar-refractivity contribution in [3.05, 3.63) is 34.0 Å². The van der Waals surface area contributed by atoms with Crippen LogP contribution in [-0.4, -0.2) is 20.5 Å². The van der Waals surface area contributed by atoms with Gasteiger partial charge in [0.1, 0.15) is 5.69 Å². The van der Waals surface area contributed by atoms with E-state index in [9.17, 15) is 4.79 Å². The molecule has 2 aromatic rings. The standard InChI is InChI=1S/C12H15N3OS/c1-3-9-5-10(15(4-2)14-9)6-12(16)11-7-17-8-13-11/h5,7-8H,3-4,6H2,1-2H3. The highest BCUT2D eigenvalue weighted by molar-refractivity contribution is 7.07. The van der Waals surface area contributed by atoms with Crippen LogP contribution >= 0.6 is 11.3 Å². The molecule has 0 atom stereocenters. The second kappa shape index (κ2) is 5.23. The lowest BCUT2D eigenvalue weighted by atomic mass is 10.1. The van der Waals surface area contributed by atoms with Gasteiger partial charge in [-0.1, -0.05) is 6.92 Å². The molecule has 2 heterocycles. The van der Waals surface area contributed by atoms with Crippen molar-refractivity contribution in [2.24, 2.45) is 0 Å². The molecule has 5 heteroatoms. The summed E-state index contributed by atoms with van der Waals surface area (Å²) in [6.45, 7) is 4.89. The second-order valence-electron chi connectivity index (χ2n) is 3.77. The van der Waals surface area contributed by atoms with Crippen molar-refractivity contribution in [3.8, 4) is 0 Å². The SMILES string of the molecule is CCc1cc(CC(=O)c2cscn2)n(CC)n1. The van der Waals surface area contributed by atoms with E-state index in [1.165, 1.54) is 11.3 Å². The van der Waals surface area contributed by atoms with Gasteiger partial charge in [-0.05, 0) is 19.4 Å². The summed E-state index contributed by atoms with van der Waals surface area (Å²) >= 11 is 1.44. The molecule has 0 aliphatic heterocycles. The number of Topliss-reactive ketones (excluding diaryl/α,β-unsaturated/α-hetero) is 1. The topological polar surface area (TPSA) is 47.8 Å². The van der Waals surface area contributed by atoms with E-state index in [0.29, 0.717) is 12.1 Å². The van der Waals surface area contributed by atoms with Gasteiger partial charge >= 0.3 is 0 Å². The van der Waals surface area contributed by atoms with Crippen LogP contribution in [0.3, 0.4) is 0 Å². The van der Waals surface area contributed by atoms with Crippen molar-refractivity contribution in [1.82, 2.24) is 14.8 Å². The summed E-state index contributed by atoms with van der Waals surface area (Å²) in [5.74, 6) is 0.0588. The number of hydrogen-bond donors (Lipinski definition) is 0. The molecule has 0 aliphatic carbocycles. The van der Waals surface area contributed by atoms with E-state index < -0.39 is 0 Å². The fraction of sp³-hybridized carbons (Fsp3) is 0.417. The molecule has 0 radical (unpaired) electrons. The van der Waals surface area contributed by atoms with Gasteiger partial charge in [0.2, 0.25) is 0 Å². The van der Waals surface area contributed by atoms with E-state index in [1.54, 1.807) is 10.9 Å². The van der Waals surface area contributed by atoms with Gasteiger partial charge < -0.3 is 0 Å². The van der Waals surface area contributed by atoms with Crippen LogP contribution in [0.5, 0.6) is 0 Å². The minimum absolute atomic E-state index is 0.0588. The predicted molar refractivity (Wildman–Crippen MR) is 67.4 cm³/mol. The molecule has 0 saturated carbocycles. The number of ketones is 1. The van der Waals surface area contributed by atoms with Gasteiger partial charge in [-0.15, -0.1) is 11.3 Å². The normalized spacial score (nSPS) is 10.7. The molecule has 17 heavy (non-hydrogen) atoms. The molecule has 0 unspecified atom stereocenters. The van der Waals surface area contributed by atoms with Crippen molar-refractivity contribution >= 4 is 17.1 Å². The zero-order chi connectivity index (χ0) is 12.3. The molecular formula is C12H15N3OS. The molecule has 0 N–H and O–H groups in total. The molecule has 2 aromatic heterocycles. The fourth-order valence-electron chi connectivity index (χ4n) is 1.71. The summed E-state index contributed by atoms with van der Waals surface area (Å²) in [6.07, 6.45) is 1.27. The van der Waals surface area contributed by atoms with Crippen molar-refractivity contribution < 1.29 is 4.79 Å². The van der Waals surface area contributed by atoms with Gasteiger partial charge in [-0.25, -0.2) is 4.98 Å². The number of nitrogens with zero attached hydrogens (tertiary/aromatic N) is 3. The van der Waals surface area contributed by atoms with Gasteiger partial charge in [0.15, 0.2) is 5.78 Å². The first-order chi connectivity index (χ1) is 8.24. The number of hydrogen-bond acceptors (Lipinski definition) is 4. The Kier molecular flexibility index (Phi) is 3.68. The lowest BCUT2D eigenvalue weighted by Gasteiger charge is -2.02. The molecule has 0 saturated heterocycles. The number of aryl methyl sites for hydroxylation is 2. The third-order valence-corrected chi connectivity index (χ3v) is 3.22. The lowest BCUT2D eigenvalue weighted by molar-refractivity contribution is 0.0986. The van der Waals surface area contributed by atoms with Crippen LogP contribution in [0, 0.1) is 0 Å². The maximum atomic E-state index is 11.9. The molecule has 0 aromatic carbocycles. The summed E-state index contributed by atoms with van der Waals surface area (Å²) in [4.78, 5) is 16.0. The number of rotatable bonds is 5. The quantitative estimate of drug-likeness (QED) is 0.764. The highest BCUT2D eigenvalue weighted by atomic mass is 32.1. The van der Waals surface area contributed by atoms with Crippen molar-refractivity contribution in [3.63, 3.8) is 0 Å². The lowest BCUT2D eigenvalue weighted by Crippen LogP contribution is -2.09. The van der Waals surface area contributed by atoms with Crippen LogP contribution in [0.4, 0.5) is 0 Å². The van der Waals surface area contributed by atoms with E-state index in [2.05, 4.69) is 17.0 Å². The Labute approximate surface area is 104 Å². The smallest absolute Gasteiger partial charge is 0.187 e. The Morgan fingerprint density at radius 1 is 1.47 bits per heavy atom. The summed E-state index contributed by atoms with van der Waals surface area (Å²) in [7, 11) is 0. The third kappa shape index (κ3) is 2.61. The number of aromatic nitrogens is 3. The Bertz CT molecular complexity index is 502. The van der Waals surface area contributed by atoms with Gasteiger partial charge in [-0.2, -0.15) is 5.10 Å². The van der Waals surface area contributed by atoms with Crippen LogP contribution in [-0.2, 0) is 19.4 Å². The minimum atomic E-state index is 0.0588. The highest BCUT2D eigenvalue weighted by Gasteiger charge is 2.13. The molecule has 0 amide bonds. The molecule has 2 rings (SSSR count). The van der Waals surface area contributed by atoms with E-state index in [-0.39, 0.29) is 5.78 Å². The molecule has 0 spiro atoms. The molecule has 4 nitrogen and oxygen atoms in total. The Hall–Kier alpha value is -1.49. The Morgan fingerprint density at radius 2 is 2.29 bits per heavy atom. The summed E-state index contributed by atoms with van der Waals surface area (Å²) in [6, 6.07) is 2.01. The van der Waals surface area contributed by atoms with E-state index in [0.717, 1.165) is 24.4 Å². The maximum Gasteiger partial charge on any atom is 0.187 e. The minimum Gasteiger partial charge on any atom is -0.292 e. The first kappa shape index (κ1) is 12.0. The van der Waals surface area contributed by atoms with Crippen LogP contribution < -0.4 is 0 Å². The van der Waals surface area contributed by atoms with E-state index in [1.807, 2.05) is 17.7 Å². The van der Waals surface area contributed by atoms with Crippen LogP contribution in [0.2, 0.25) is 0 Å². The largest absolute Gasteiger partial charge is 0.292 e. The molecule has 90 valence electrons. The third-order valence-electron chi connectivity index (χ3n) is 2.64. The predicted octanol–water partition coefficient (Wildman–Crippen LogP) is 2.35. The number of carbonyl (C=O) groups is 1. The highest BCUT2D eigenvalue weighted by Crippen LogP contribution is 2.10. The van der Waals surface area contributed by atoms with Crippen molar-refractivity contribution in [1.29, 1.82) is 0 Å². The van der Waals surface area contributed by atoms with Crippen molar-refractivity contribution in [2.75, 3.05) is 0 Å². The maximum absolute atomic E-state index is 11.9. The van der Waals surface area contributed by atoms with Crippen LogP contribution in [0.1, 0.15) is 35.7 Å². The molecule has 0 bridgehead atoms. The van der Waals surface area contributed by atoms with Crippen LogP contribution in [0.15, 0.2) is 17.0 Å². The zero-order valence-electron chi connectivity index (χ0n) is 10.0. The average Bonchev–Trinajstić information content (AvgIpc) is 2.97. The first-order valence-corrected chi connectivity index (χ1v) is 6.65. The Morgan fingerprint density at radius 3 is 2.88 bits per heavy atom. The van der Waals surface area contributed by atoms with E-state index in [4.69, 9.17) is 0 Å². The second-order valence-corrected chi connectivity index (χ2v) is 4.49. The van der Waals surface area contributed by atoms with Crippen molar-refractivity contribution in [2.45, 2.75) is 33.2 Å². The van der Waals surface area contributed by atoms with Gasteiger partial charge in [0.05, 0.1) is 17.6 Å². The monoisotopic (exact) mass is 249 g/mol. The first-order valence-electron chi connectivity index (χ1n) is 5.71. The Balaban J connectivity index is 2.18. The number of carbonyl (C=O) groups excluding carboxylic acids is 1. The van der Waals surface area contributed by atoms with Crippen LogP contribution in [0.25, 0.3) is 0 Å². The van der Waals surface area contributed by atoms with E-state index >= 15 is 0 Å². The zero-order valence-corrected chi connectivity index (χ0v) is 10.8.